The average Bonchev–Trinajstić information content (AvgIpc) is 2.70. The minimum absolute atomic E-state index is 0.106. The van der Waals surface area contributed by atoms with E-state index in [0.29, 0.717) is 35.9 Å². The monoisotopic (exact) mass is 252 g/mol. The summed E-state index contributed by atoms with van der Waals surface area (Å²) in [5.74, 6) is 0.306. The van der Waals surface area contributed by atoms with Gasteiger partial charge in [-0.15, -0.1) is 0 Å². The molecule has 1 aromatic carbocycles. The highest BCUT2D eigenvalue weighted by molar-refractivity contribution is 6.35. The van der Waals surface area contributed by atoms with E-state index in [2.05, 4.69) is 15.3 Å². The van der Waals surface area contributed by atoms with E-state index in [9.17, 15) is 4.79 Å². The van der Waals surface area contributed by atoms with Crippen LogP contribution < -0.4 is 11.1 Å². The first kappa shape index (κ1) is 11.9. The zero-order valence-corrected chi connectivity index (χ0v) is 9.92. The molecule has 2 aromatic rings. The number of nitrogens with one attached hydrogen (secondary N) is 2. The Morgan fingerprint density at radius 3 is 3.06 bits per heavy atom. The highest BCUT2D eigenvalue weighted by Crippen LogP contribution is 2.22. The van der Waals surface area contributed by atoms with Gasteiger partial charge >= 0.3 is 0 Å². The summed E-state index contributed by atoms with van der Waals surface area (Å²) < 4.78 is 0. The number of amides is 1. The SMILES string of the molecule is NCCCC(=O)Nc1nc2c(Cl)cccc2[nH]1. The number of aromatic nitrogens is 2. The van der Waals surface area contributed by atoms with Gasteiger partial charge in [0.2, 0.25) is 11.9 Å². The number of rotatable bonds is 4. The van der Waals surface area contributed by atoms with Crippen LogP contribution in [0.25, 0.3) is 11.0 Å². The number of benzene rings is 1. The van der Waals surface area contributed by atoms with Gasteiger partial charge in [-0.1, -0.05) is 17.7 Å². The van der Waals surface area contributed by atoms with E-state index >= 15 is 0 Å². The Labute approximate surface area is 103 Å². The maximum Gasteiger partial charge on any atom is 0.226 e. The largest absolute Gasteiger partial charge is 0.330 e. The minimum Gasteiger partial charge on any atom is -0.330 e. The number of carbonyl (C=O) groups excluding carboxylic acids is 1. The molecule has 1 heterocycles. The number of fused-ring (bicyclic) bond motifs is 1. The molecule has 0 aliphatic rings. The molecule has 4 N–H and O–H groups in total. The van der Waals surface area contributed by atoms with E-state index < -0.39 is 0 Å². The highest BCUT2D eigenvalue weighted by Gasteiger charge is 2.08. The van der Waals surface area contributed by atoms with Crippen molar-refractivity contribution in [3.05, 3.63) is 23.2 Å². The number of nitrogens with two attached hydrogens (primary N) is 1. The molecule has 0 bridgehead atoms. The van der Waals surface area contributed by atoms with Crippen LogP contribution in [0, 0.1) is 0 Å². The topological polar surface area (TPSA) is 83.8 Å². The lowest BCUT2D eigenvalue weighted by Gasteiger charge is -1.99. The highest BCUT2D eigenvalue weighted by atomic mass is 35.5. The number of carbonyl (C=O) groups is 1. The molecular formula is C11H13ClN4O. The Kier molecular flexibility index (Phi) is 3.61. The summed E-state index contributed by atoms with van der Waals surface area (Å²) in [6.07, 6.45) is 1.05. The molecule has 0 radical (unpaired) electrons. The Morgan fingerprint density at radius 2 is 2.35 bits per heavy atom. The van der Waals surface area contributed by atoms with E-state index in [1.807, 2.05) is 12.1 Å². The van der Waals surface area contributed by atoms with E-state index in [4.69, 9.17) is 17.3 Å². The van der Waals surface area contributed by atoms with Gasteiger partial charge in [0.25, 0.3) is 0 Å². The van der Waals surface area contributed by atoms with Crippen LogP contribution in [0.15, 0.2) is 18.2 Å². The first-order valence-corrected chi connectivity index (χ1v) is 5.72. The quantitative estimate of drug-likeness (QED) is 0.777. The summed E-state index contributed by atoms with van der Waals surface area (Å²) in [5.41, 5.74) is 6.78. The first-order valence-electron chi connectivity index (χ1n) is 5.35. The summed E-state index contributed by atoms with van der Waals surface area (Å²) in [4.78, 5) is 18.7. The molecule has 5 nitrogen and oxygen atoms in total. The molecule has 17 heavy (non-hydrogen) atoms. The number of nitrogens with zero attached hydrogens (tertiary/aromatic N) is 1. The summed E-state index contributed by atoms with van der Waals surface area (Å²) in [5, 5.41) is 3.23. The van der Waals surface area contributed by atoms with Crippen molar-refractivity contribution in [2.75, 3.05) is 11.9 Å². The molecule has 6 heteroatoms. The van der Waals surface area contributed by atoms with Crippen LogP contribution >= 0.6 is 11.6 Å². The molecule has 0 aliphatic heterocycles. The molecule has 1 aromatic heterocycles. The minimum atomic E-state index is -0.106. The maximum absolute atomic E-state index is 11.5. The Morgan fingerprint density at radius 1 is 1.53 bits per heavy atom. The molecule has 0 fully saturated rings. The van der Waals surface area contributed by atoms with Crippen LogP contribution in [0.4, 0.5) is 5.95 Å². The third-order valence-corrected chi connectivity index (χ3v) is 2.63. The summed E-state index contributed by atoms with van der Waals surface area (Å²) in [7, 11) is 0. The molecule has 90 valence electrons. The summed E-state index contributed by atoms with van der Waals surface area (Å²) in [6.45, 7) is 0.499. The smallest absolute Gasteiger partial charge is 0.226 e. The van der Waals surface area contributed by atoms with Gasteiger partial charge in [-0.2, -0.15) is 0 Å². The van der Waals surface area contributed by atoms with Crippen LogP contribution in [0.1, 0.15) is 12.8 Å². The fourth-order valence-corrected chi connectivity index (χ4v) is 1.73. The molecule has 0 atom stereocenters. The van der Waals surface area contributed by atoms with Gasteiger partial charge in [0.15, 0.2) is 0 Å². The van der Waals surface area contributed by atoms with E-state index in [0.717, 1.165) is 5.52 Å². The van der Waals surface area contributed by atoms with E-state index in [-0.39, 0.29) is 5.91 Å². The fourth-order valence-electron chi connectivity index (χ4n) is 1.51. The van der Waals surface area contributed by atoms with Crippen molar-refractivity contribution >= 4 is 34.5 Å². The second kappa shape index (κ2) is 5.16. The average molecular weight is 253 g/mol. The number of imidazole rings is 1. The Hall–Kier alpha value is -1.59. The van der Waals surface area contributed by atoms with Crippen molar-refractivity contribution in [3.63, 3.8) is 0 Å². The summed E-state index contributed by atoms with van der Waals surface area (Å²) in [6, 6.07) is 5.43. The summed E-state index contributed by atoms with van der Waals surface area (Å²) >= 11 is 5.98. The van der Waals surface area contributed by atoms with Gasteiger partial charge in [0, 0.05) is 6.42 Å². The third-order valence-electron chi connectivity index (χ3n) is 2.33. The number of anilines is 1. The van der Waals surface area contributed by atoms with Gasteiger partial charge in [0.05, 0.1) is 10.5 Å². The number of aromatic amines is 1. The lowest BCUT2D eigenvalue weighted by Crippen LogP contribution is -2.14. The van der Waals surface area contributed by atoms with Gasteiger partial charge in [-0.3, -0.25) is 10.1 Å². The molecule has 0 aliphatic carbocycles. The van der Waals surface area contributed by atoms with E-state index in [1.165, 1.54) is 0 Å². The van der Waals surface area contributed by atoms with Gasteiger partial charge in [-0.25, -0.2) is 4.98 Å². The molecule has 0 saturated heterocycles. The van der Waals surface area contributed by atoms with Crippen molar-refractivity contribution in [2.45, 2.75) is 12.8 Å². The van der Waals surface area contributed by atoms with Crippen LogP contribution in [-0.4, -0.2) is 22.4 Å². The fraction of sp³-hybridized carbons (Fsp3) is 0.273. The normalized spacial score (nSPS) is 10.7. The van der Waals surface area contributed by atoms with Crippen molar-refractivity contribution in [3.8, 4) is 0 Å². The third kappa shape index (κ3) is 2.75. The number of para-hydroxylation sites is 1. The maximum atomic E-state index is 11.5. The standard InChI is InChI=1S/C11H13ClN4O/c12-7-3-1-4-8-10(7)16-11(14-8)15-9(17)5-2-6-13/h1,3-4H,2,5-6,13H2,(H2,14,15,16,17). The van der Waals surface area contributed by atoms with Crippen LogP contribution in [-0.2, 0) is 4.79 Å². The number of hydrogen-bond donors (Lipinski definition) is 3. The Balaban J connectivity index is 2.14. The molecule has 1 amide bonds. The lowest BCUT2D eigenvalue weighted by atomic mass is 10.3. The van der Waals surface area contributed by atoms with E-state index in [1.54, 1.807) is 6.07 Å². The predicted molar refractivity (Wildman–Crippen MR) is 68.0 cm³/mol. The van der Waals surface area contributed by atoms with Crippen LogP contribution in [0.2, 0.25) is 5.02 Å². The second-order valence-corrected chi connectivity index (χ2v) is 4.07. The molecular weight excluding hydrogens is 240 g/mol. The van der Waals surface area contributed by atoms with Gasteiger partial charge in [-0.05, 0) is 25.1 Å². The van der Waals surface area contributed by atoms with Crippen LogP contribution in [0.3, 0.4) is 0 Å². The molecule has 0 saturated carbocycles. The number of hydrogen-bond acceptors (Lipinski definition) is 3. The number of halogens is 1. The Bertz CT molecular complexity index is 537. The first-order chi connectivity index (χ1) is 8.20. The van der Waals surface area contributed by atoms with Crippen LogP contribution in [0.5, 0.6) is 0 Å². The van der Waals surface area contributed by atoms with Crippen molar-refractivity contribution in [1.82, 2.24) is 9.97 Å². The molecule has 0 unspecified atom stereocenters. The predicted octanol–water partition coefficient (Wildman–Crippen LogP) is 1.89. The molecule has 0 spiro atoms. The number of H-pyrrole nitrogens is 1. The van der Waals surface area contributed by atoms with Gasteiger partial charge < -0.3 is 10.7 Å². The van der Waals surface area contributed by atoms with Crippen molar-refractivity contribution in [1.29, 1.82) is 0 Å². The van der Waals surface area contributed by atoms with Crippen molar-refractivity contribution < 1.29 is 4.79 Å². The van der Waals surface area contributed by atoms with Gasteiger partial charge in [0.1, 0.15) is 5.52 Å². The molecule has 2 rings (SSSR count). The van der Waals surface area contributed by atoms with Crippen molar-refractivity contribution in [2.24, 2.45) is 5.73 Å². The zero-order chi connectivity index (χ0) is 12.3. The lowest BCUT2D eigenvalue weighted by molar-refractivity contribution is -0.116. The second-order valence-electron chi connectivity index (χ2n) is 3.66. The zero-order valence-electron chi connectivity index (χ0n) is 9.16.